The summed E-state index contributed by atoms with van der Waals surface area (Å²) in [4.78, 5) is 11.6. The van der Waals surface area contributed by atoms with Crippen LogP contribution in [-0.4, -0.2) is 30.0 Å². The highest BCUT2D eigenvalue weighted by atomic mass is 32.1. The Hall–Kier alpha value is -2.02. The van der Waals surface area contributed by atoms with Gasteiger partial charge in [0.2, 0.25) is 6.79 Å². The number of thiocarbonyl (C=S) groups is 1. The number of benzene rings is 1. The average Bonchev–Trinajstić information content (AvgIpc) is 2.95. The Morgan fingerprint density at radius 2 is 2.00 bits per heavy atom. The van der Waals surface area contributed by atoms with Crippen LogP contribution in [0.2, 0.25) is 0 Å². The summed E-state index contributed by atoms with van der Waals surface area (Å²) in [5, 5.41) is 6.76. The highest BCUT2D eigenvalue weighted by molar-refractivity contribution is 7.80. The molecule has 0 fully saturated rings. The first-order valence-corrected chi connectivity index (χ1v) is 8.36. The van der Waals surface area contributed by atoms with Crippen molar-refractivity contribution >= 4 is 23.3 Å². The molecule has 0 radical (unpaired) electrons. The van der Waals surface area contributed by atoms with Crippen LogP contribution in [0.3, 0.4) is 0 Å². The van der Waals surface area contributed by atoms with E-state index in [0.29, 0.717) is 31.0 Å². The smallest absolute Gasteiger partial charge is 0.306 e. The zero-order valence-corrected chi connectivity index (χ0v) is 15.1. The molecule has 0 saturated carbocycles. The number of hydrogen-bond donors (Lipinski definition) is 2. The minimum absolute atomic E-state index is 0.191. The molecule has 0 bridgehead atoms. The van der Waals surface area contributed by atoms with Crippen LogP contribution in [0.15, 0.2) is 18.2 Å². The van der Waals surface area contributed by atoms with Crippen LogP contribution in [0.1, 0.15) is 39.2 Å². The van der Waals surface area contributed by atoms with E-state index >= 15 is 0 Å². The molecule has 24 heavy (non-hydrogen) atoms. The van der Waals surface area contributed by atoms with Gasteiger partial charge in [0.15, 0.2) is 16.6 Å². The third-order valence-electron chi connectivity index (χ3n) is 3.15. The normalized spacial score (nSPS) is 12.6. The van der Waals surface area contributed by atoms with Gasteiger partial charge in [-0.05, 0) is 57.1 Å². The first kappa shape index (κ1) is 18.3. The van der Waals surface area contributed by atoms with E-state index in [2.05, 4.69) is 10.6 Å². The molecule has 0 unspecified atom stereocenters. The predicted molar refractivity (Wildman–Crippen MR) is 95.1 cm³/mol. The molecule has 1 aliphatic heterocycles. The van der Waals surface area contributed by atoms with E-state index in [1.54, 1.807) is 0 Å². The highest BCUT2D eigenvalue weighted by Crippen LogP contribution is 2.32. The summed E-state index contributed by atoms with van der Waals surface area (Å²) in [5.41, 5.74) is 0.614. The molecule has 1 aromatic rings. The van der Waals surface area contributed by atoms with Crippen LogP contribution in [0.4, 0.5) is 0 Å². The van der Waals surface area contributed by atoms with Crippen molar-refractivity contribution in [3.8, 4) is 11.5 Å². The summed E-state index contributed by atoms with van der Waals surface area (Å²) in [6, 6.07) is 5.78. The van der Waals surface area contributed by atoms with E-state index < -0.39 is 5.60 Å². The quantitative estimate of drug-likeness (QED) is 0.463. The molecule has 0 spiro atoms. The summed E-state index contributed by atoms with van der Waals surface area (Å²) >= 11 is 5.22. The molecular weight excluding hydrogens is 328 g/mol. The van der Waals surface area contributed by atoms with Crippen LogP contribution >= 0.6 is 12.2 Å². The second-order valence-electron chi connectivity index (χ2n) is 6.49. The molecule has 0 saturated heterocycles. The Balaban J connectivity index is 1.61. The summed E-state index contributed by atoms with van der Waals surface area (Å²) in [5.74, 6) is 1.33. The fourth-order valence-corrected chi connectivity index (χ4v) is 2.30. The predicted octanol–water partition coefficient (Wildman–Crippen LogP) is 2.50. The van der Waals surface area contributed by atoms with Gasteiger partial charge in [-0.25, -0.2) is 0 Å². The first-order chi connectivity index (χ1) is 11.3. The highest BCUT2D eigenvalue weighted by Gasteiger charge is 2.15. The molecule has 1 aromatic carbocycles. The van der Waals surface area contributed by atoms with Gasteiger partial charge >= 0.3 is 5.97 Å². The SMILES string of the molecule is CC(C)(C)OC(=O)CCCNC(=S)NCc1ccc2c(c1)OCO2. The molecule has 132 valence electrons. The second-order valence-corrected chi connectivity index (χ2v) is 6.90. The van der Waals surface area contributed by atoms with Crippen LogP contribution in [0.5, 0.6) is 11.5 Å². The topological polar surface area (TPSA) is 68.8 Å². The maximum atomic E-state index is 11.6. The van der Waals surface area contributed by atoms with Crippen molar-refractivity contribution < 1.29 is 19.0 Å². The van der Waals surface area contributed by atoms with Crippen molar-refractivity contribution in [1.82, 2.24) is 10.6 Å². The molecule has 0 atom stereocenters. The summed E-state index contributed by atoms with van der Waals surface area (Å²) in [6.07, 6.45) is 1.04. The van der Waals surface area contributed by atoms with Crippen molar-refractivity contribution in [2.75, 3.05) is 13.3 Å². The zero-order chi connectivity index (χ0) is 17.6. The van der Waals surface area contributed by atoms with Gasteiger partial charge in [0.25, 0.3) is 0 Å². The molecule has 6 nitrogen and oxygen atoms in total. The van der Waals surface area contributed by atoms with Gasteiger partial charge in [0.05, 0.1) is 0 Å². The lowest BCUT2D eigenvalue weighted by atomic mass is 10.2. The lowest BCUT2D eigenvalue weighted by Crippen LogP contribution is -2.35. The van der Waals surface area contributed by atoms with E-state index in [-0.39, 0.29) is 12.8 Å². The zero-order valence-electron chi connectivity index (χ0n) is 14.3. The minimum atomic E-state index is -0.439. The maximum Gasteiger partial charge on any atom is 0.306 e. The Morgan fingerprint density at radius 1 is 1.25 bits per heavy atom. The van der Waals surface area contributed by atoms with Crippen molar-refractivity contribution in [1.29, 1.82) is 0 Å². The van der Waals surface area contributed by atoms with Crippen molar-refractivity contribution in [3.63, 3.8) is 0 Å². The molecular formula is C17H24N2O4S. The lowest BCUT2D eigenvalue weighted by molar-refractivity contribution is -0.154. The summed E-state index contributed by atoms with van der Waals surface area (Å²) < 4.78 is 15.9. The minimum Gasteiger partial charge on any atom is -0.460 e. The van der Waals surface area contributed by atoms with Gasteiger partial charge in [-0.15, -0.1) is 0 Å². The molecule has 2 N–H and O–H groups in total. The number of fused-ring (bicyclic) bond motifs is 1. The summed E-state index contributed by atoms with van der Waals surface area (Å²) in [7, 11) is 0. The van der Waals surface area contributed by atoms with Gasteiger partial charge in [-0.2, -0.15) is 0 Å². The Labute approximate surface area is 147 Å². The maximum absolute atomic E-state index is 11.6. The van der Waals surface area contributed by atoms with Crippen LogP contribution in [0, 0.1) is 0 Å². The number of rotatable bonds is 6. The Bertz CT molecular complexity index is 599. The van der Waals surface area contributed by atoms with E-state index in [0.717, 1.165) is 17.1 Å². The molecule has 0 aliphatic carbocycles. The van der Waals surface area contributed by atoms with Crippen LogP contribution < -0.4 is 20.1 Å². The lowest BCUT2D eigenvalue weighted by Gasteiger charge is -2.19. The number of ether oxygens (including phenoxy) is 3. The van der Waals surface area contributed by atoms with Gasteiger partial charge in [0.1, 0.15) is 5.60 Å². The van der Waals surface area contributed by atoms with Gasteiger partial charge in [0, 0.05) is 19.5 Å². The van der Waals surface area contributed by atoms with Crippen molar-refractivity contribution in [3.05, 3.63) is 23.8 Å². The van der Waals surface area contributed by atoms with Crippen molar-refractivity contribution in [2.45, 2.75) is 45.8 Å². The van der Waals surface area contributed by atoms with E-state index in [9.17, 15) is 4.79 Å². The number of hydrogen-bond acceptors (Lipinski definition) is 5. The standard InChI is InChI=1S/C17H24N2O4S/c1-17(2,3)23-15(20)5-4-8-18-16(24)19-10-12-6-7-13-14(9-12)22-11-21-13/h6-7,9H,4-5,8,10-11H2,1-3H3,(H2,18,19,24). The van der Waals surface area contributed by atoms with Crippen LogP contribution in [-0.2, 0) is 16.1 Å². The average molecular weight is 352 g/mol. The van der Waals surface area contributed by atoms with E-state index in [1.807, 2.05) is 39.0 Å². The Morgan fingerprint density at radius 3 is 2.75 bits per heavy atom. The third-order valence-corrected chi connectivity index (χ3v) is 3.44. The third kappa shape index (κ3) is 6.23. The largest absolute Gasteiger partial charge is 0.460 e. The molecule has 2 rings (SSSR count). The molecule has 0 amide bonds. The monoisotopic (exact) mass is 352 g/mol. The second kappa shape index (κ2) is 8.19. The summed E-state index contributed by atoms with van der Waals surface area (Å²) in [6.45, 7) is 7.06. The molecule has 0 aromatic heterocycles. The number of esters is 1. The van der Waals surface area contributed by atoms with E-state index in [4.69, 9.17) is 26.4 Å². The van der Waals surface area contributed by atoms with Gasteiger partial charge in [-0.3, -0.25) is 4.79 Å². The number of carbonyl (C=O) groups excluding carboxylic acids is 1. The molecule has 1 heterocycles. The van der Waals surface area contributed by atoms with E-state index in [1.165, 1.54) is 0 Å². The van der Waals surface area contributed by atoms with Crippen LogP contribution in [0.25, 0.3) is 0 Å². The first-order valence-electron chi connectivity index (χ1n) is 7.95. The fraction of sp³-hybridized carbons (Fsp3) is 0.529. The van der Waals surface area contributed by atoms with Crippen molar-refractivity contribution in [2.24, 2.45) is 0 Å². The van der Waals surface area contributed by atoms with Gasteiger partial charge in [-0.1, -0.05) is 6.07 Å². The molecule has 7 heteroatoms. The van der Waals surface area contributed by atoms with Gasteiger partial charge < -0.3 is 24.8 Å². The molecule has 1 aliphatic rings. The Kier molecular flexibility index (Phi) is 6.25. The number of nitrogens with one attached hydrogen (secondary N) is 2. The number of carbonyl (C=O) groups is 1. The fourth-order valence-electron chi connectivity index (χ4n) is 2.12.